The monoisotopic (exact) mass is 398 g/mol. The zero-order chi connectivity index (χ0) is 21.2. The van der Waals surface area contributed by atoms with E-state index in [0.717, 1.165) is 5.75 Å². The van der Waals surface area contributed by atoms with Gasteiger partial charge in [-0.1, -0.05) is 13.8 Å². The second-order valence-corrected chi connectivity index (χ2v) is 6.45. The number of carbonyl (C=O) groups is 3. The third-order valence-corrected chi connectivity index (χ3v) is 4.21. The van der Waals surface area contributed by atoms with E-state index in [4.69, 9.17) is 9.47 Å². The van der Waals surface area contributed by atoms with Crippen LogP contribution in [0.2, 0.25) is 0 Å². The van der Waals surface area contributed by atoms with Crippen molar-refractivity contribution in [2.24, 2.45) is 5.92 Å². The van der Waals surface area contributed by atoms with Crippen molar-refractivity contribution in [3.05, 3.63) is 54.1 Å². The Balaban J connectivity index is 1.86. The third kappa shape index (κ3) is 6.95. The normalized spacial score (nSPS) is 11.3. The van der Waals surface area contributed by atoms with Gasteiger partial charge in [-0.3, -0.25) is 14.4 Å². The van der Waals surface area contributed by atoms with Gasteiger partial charge in [-0.2, -0.15) is 0 Å². The summed E-state index contributed by atoms with van der Waals surface area (Å²) in [5.74, 6) is -0.608. The number of nitrogens with one attached hydrogen (secondary N) is 2. The lowest BCUT2D eigenvalue weighted by Gasteiger charge is -2.10. The van der Waals surface area contributed by atoms with Crippen LogP contribution < -0.4 is 15.4 Å². The molecule has 2 aromatic carbocycles. The van der Waals surface area contributed by atoms with Crippen molar-refractivity contribution in [3.8, 4) is 5.75 Å². The van der Waals surface area contributed by atoms with Gasteiger partial charge in [0, 0.05) is 16.9 Å². The van der Waals surface area contributed by atoms with E-state index < -0.39 is 11.9 Å². The number of anilines is 2. The summed E-state index contributed by atoms with van der Waals surface area (Å²) < 4.78 is 10.3. The maximum Gasteiger partial charge on any atom is 0.309 e. The van der Waals surface area contributed by atoms with Crippen LogP contribution in [0.4, 0.5) is 11.4 Å². The smallest absolute Gasteiger partial charge is 0.309 e. The van der Waals surface area contributed by atoms with Gasteiger partial charge in [-0.25, -0.2) is 0 Å². The molecule has 0 aromatic heterocycles. The van der Waals surface area contributed by atoms with Crippen molar-refractivity contribution in [1.29, 1.82) is 0 Å². The van der Waals surface area contributed by atoms with Crippen LogP contribution in [0, 0.1) is 5.92 Å². The molecule has 7 nitrogen and oxygen atoms in total. The minimum absolute atomic E-state index is 0.240. The first-order chi connectivity index (χ1) is 13.9. The lowest BCUT2D eigenvalue weighted by atomic mass is 10.1. The summed E-state index contributed by atoms with van der Waals surface area (Å²) in [6, 6.07) is 13.5. The molecule has 0 aliphatic carbocycles. The van der Waals surface area contributed by atoms with Crippen LogP contribution in [0.5, 0.6) is 5.75 Å². The molecule has 0 spiro atoms. The van der Waals surface area contributed by atoms with Gasteiger partial charge in [0.15, 0.2) is 6.61 Å². The second kappa shape index (κ2) is 10.8. The zero-order valence-electron chi connectivity index (χ0n) is 16.9. The summed E-state index contributed by atoms with van der Waals surface area (Å²) in [6.45, 7) is 5.76. The van der Waals surface area contributed by atoms with E-state index in [1.165, 1.54) is 0 Å². The highest BCUT2D eigenvalue weighted by Crippen LogP contribution is 2.17. The second-order valence-electron chi connectivity index (χ2n) is 6.45. The summed E-state index contributed by atoms with van der Waals surface area (Å²) in [5, 5.41) is 5.42. The van der Waals surface area contributed by atoms with Crippen LogP contribution in [0.15, 0.2) is 48.5 Å². The first-order valence-corrected chi connectivity index (χ1v) is 9.53. The number of benzene rings is 2. The summed E-state index contributed by atoms with van der Waals surface area (Å²) in [4.78, 5) is 35.8. The number of hydrogen-bond acceptors (Lipinski definition) is 5. The molecule has 7 heteroatoms. The SMILES string of the molecule is CCOc1ccc(NC(=O)c2ccc(NC(=O)COC(=O)C(C)CC)cc2)cc1. The van der Waals surface area contributed by atoms with Crippen molar-refractivity contribution >= 4 is 29.2 Å². The Hall–Kier alpha value is -3.35. The maximum absolute atomic E-state index is 12.3. The molecule has 1 atom stereocenters. The first-order valence-electron chi connectivity index (χ1n) is 9.53. The van der Waals surface area contributed by atoms with Crippen LogP contribution in [-0.4, -0.2) is 31.0 Å². The van der Waals surface area contributed by atoms with Gasteiger partial charge < -0.3 is 20.1 Å². The summed E-state index contributed by atoms with van der Waals surface area (Å²) in [7, 11) is 0. The van der Waals surface area contributed by atoms with Crippen LogP contribution in [0.25, 0.3) is 0 Å². The van der Waals surface area contributed by atoms with Crippen LogP contribution >= 0.6 is 0 Å². The largest absolute Gasteiger partial charge is 0.494 e. The van der Waals surface area contributed by atoms with Crippen molar-refractivity contribution in [2.75, 3.05) is 23.8 Å². The fourth-order valence-electron chi connectivity index (χ4n) is 2.35. The van der Waals surface area contributed by atoms with Crippen LogP contribution in [-0.2, 0) is 14.3 Å². The topological polar surface area (TPSA) is 93.7 Å². The molecule has 0 saturated heterocycles. The Morgan fingerprint density at radius 1 is 0.897 bits per heavy atom. The van der Waals surface area contributed by atoms with Gasteiger partial charge in [0.25, 0.3) is 11.8 Å². The fourth-order valence-corrected chi connectivity index (χ4v) is 2.35. The highest BCUT2D eigenvalue weighted by molar-refractivity contribution is 6.04. The van der Waals surface area contributed by atoms with Gasteiger partial charge in [-0.05, 0) is 61.9 Å². The van der Waals surface area contributed by atoms with E-state index in [1.54, 1.807) is 55.5 Å². The average Bonchev–Trinajstić information content (AvgIpc) is 2.73. The minimum atomic E-state index is -0.437. The molecule has 0 aliphatic heterocycles. The number of hydrogen-bond donors (Lipinski definition) is 2. The first kappa shape index (κ1) is 21.9. The number of amides is 2. The van der Waals surface area contributed by atoms with Gasteiger partial charge in [0.2, 0.25) is 0 Å². The van der Waals surface area contributed by atoms with Gasteiger partial charge in [0.05, 0.1) is 12.5 Å². The van der Waals surface area contributed by atoms with Gasteiger partial charge >= 0.3 is 5.97 Å². The van der Waals surface area contributed by atoms with E-state index >= 15 is 0 Å². The third-order valence-electron chi connectivity index (χ3n) is 4.21. The molecular formula is C22H26N2O5. The van der Waals surface area contributed by atoms with E-state index in [9.17, 15) is 14.4 Å². The molecule has 0 saturated carbocycles. The highest BCUT2D eigenvalue weighted by Gasteiger charge is 2.14. The molecule has 0 heterocycles. The number of esters is 1. The van der Waals surface area contributed by atoms with Crippen molar-refractivity contribution in [1.82, 2.24) is 0 Å². The quantitative estimate of drug-likeness (QED) is 0.626. The predicted molar refractivity (Wildman–Crippen MR) is 111 cm³/mol. The molecule has 154 valence electrons. The Morgan fingerprint density at radius 3 is 2.07 bits per heavy atom. The molecule has 2 aromatic rings. The lowest BCUT2D eigenvalue weighted by molar-refractivity contribution is -0.151. The van der Waals surface area contributed by atoms with Crippen molar-refractivity contribution in [3.63, 3.8) is 0 Å². The van der Waals surface area contributed by atoms with E-state index in [-0.39, 0.29) is 18.4 Å². The van der Waals surface area contributed by atoms with Crippen molar-refractivity contribution < 1.29 is 23.9 Å². The Morgan fingerprint density at radius 2 is 1.48 bits per heavy atom. The maximum atomic E-state index is 12.3. The van der Waals surface area contributed by atoms with E-state index in [2.05, 4.69) is 10.6 Å². The number of rotatable bonds is 9. The van der Waals surface area contributed by atoms with E-state index in [1.807, 2.05) is 13.8 Å². The zero-order valence-corrected chi connectivity index (χ0v) is 16.9. The van der Waals surface area contributed by atoms with Crippen molar-refractivity contribution in [2.45, 2.75) is 27.2 Å². The van der Waals surface area contributed by atoms with Gasteiger partial charge in [0.1, 0.15) is 5.75 Å². The predicted octanol–water partition coefficient (Wildman–Crippen LogP) is 3.87. The molecule has 1 unspecified atom stereocenters. The Bertz CT molecular complexity index is 831. The molecule has 29 heavy (non-hydrogen) atoms. The number of ether oxygens (including phenoxy) is 2. The molecule has 0 radical (unpaired) electrons. The van der Waals surface area contributed by atoms with E-state index in [0.29, 0.717) is 30.0 Å². The molecule has 2 amide bonds. The van der Waals surface area contributed by atoms with Crippen LogP contribution in [0.1, 0.15) is 37.6 Å². The summed E-state index contributed by atoms with van der Waals surface area (Å²) in [5.41, 5.74) is 1.60. The fraction of sp³-hybridized carbons (Fsp3) is 0.318. The van der Waals surface area contributed by atoms with Crippen LogP contribution in [0.3, 0.4) is 0 Å². The lowest BCUT2D eigenvalue weighted by Crippen LogP contribution is -2.23. The molecular weight excluding hydrogens is 372 g/mol. The summed E-state index contributed by atoms with van der Waals surface area (Å²) >= 11 is 0. The Kier molecular flexibility index (Phi) is 8.21. The molecule has 0 fully saturated rings. The molecule has 0 aliphatic rings. The number of carbonyl (C=O) groups excluding carboxylic acids is 3. The Labute approximate surface area is 170 Å². The molecule has 2 rings (SSSR count). The summed E-state index contributed by atoms with van der Waals surface area (Å²) in [6.07, 6.45) is 0.653. The molecule has 0 bridgehead atoms. The van der Waals surface area contributed by atoms with Gasteiger partial charge in [-0.15, -0.1) is 0 Å². The molecule has 2 N–H and O–H groups in total. The minimum Gasteiger partial charge on any atom is -0.494 e. The average molecular weight is 398 g/mol. The highest BCUT2D eigenvalue weighted by atomic mass is 16.5. The standard InChI is InChI=1S/C22H26N2O5/c1-4-15(3)22(27)29-14-20(25)23-17-8-6-16(7-9-17)21(26)24-18-10-12-19(13-11-18)28-5-2/h6-13,15H,4-5,14H2,1-3H3,(H,23,25)(H,24,26).